The molecule has 0 spiro atoms. The normalized spacial score (nSPS) is 13.3. The Balaban J connectivity index is 2.51. The number of nitrogens with two attached hydrogens (primary N) is 1. The van der Waals surface area contributed by atoms with E-state index in [0.717, 1.165) is 5.57 Å². The Kier molecular flexibility index (Phi) is 6.73. The highest BCUT2D eigenvalue weighted by atomic mass is 16.4. The van der Waals surface area contributed by atoms with Crippen molar-refractivity contribution >= 4 is 24.2 Å². The first-order chi connectivity index (χ1) is 9.99. The molecule has 1 atom stereocenters. The number of nitrogens with one attached hydrogen (secondary N) is 2. The van der Waals surface area contributed by atoms with Crippen LogP contribution in [0.5, 0.6) is 0 Å². The molecular weight excluding hydrogens is 272 g/mol. The molecule has 0 aliphatic heterocycles. The monoisotopic (exact) mass is 292 g/mol. The zero-order chi connectivity index (χ0) is 15.7. The molecule has 0 amide bonds. The average Bonchev–Trinajstić information content (AvgIpc) is 2.89. The molecule has 7 nitrogen and oxygen atoms in total. The van der Waals surface area contributed by atoms with Gasteiger partial charge in [0.1, 0.15) is 11.8 Å². The van der Waals surface area contributed by atoms with Gasteiger partial charge in [0, 0.05) is 12.8 Å². The maximum atomic E-state index is 11.1. The Morgan fingerprint density at radius 1 is 1.67 bits per heavy atom. The summed E-state index contributed by atoms with van der Waals surface area (Å²) in [6.45, 7) is 2.28. The summed E-state index contributed by atoms with van der Waals surface area (Å²) in [5, 5.41) is 18.7. The molecule has 114 valence electrons. The van der Waals surface area contributed by atoms with Gasteiger partial charge in [-0.1, -0.05) is 0 Å². The SMILES string of the molecule is CC(/C=N/[C@@H](CCCNC(=N)N)C(=O)O)=C\c1ccco1. The zero-order valence-electron chi connectivity index (χ0n) is 11.9. The molecule has 0 saturated heterocycles. The second kappa shape index (κ2) is 8.57. The molecule has 0 aromatic carbocycles. The van der Waals surface area contributed by atoms with Crippen LogP contribution < -0.4 is 11.1 Å². The first kappa shape index (κ1) is 16.5. The molecule has 21 heavy (non-hydrogen) atoms. The second-order valence-electron chi connectivity index (χ2n) is 4.52. The molecule has 7 heteroatoms. The van der Waals surface area contributed by atoms with E-state index in [1.807, 2.05) is 6.92 Å². The van der Waals surface area contributed by atoms with Crippen LogP contribution in [0.2, 0.25) is 0 Å². The minimum atomic E-state index is -0.972. The van der Waals surface area contributed by atoms with E-state index in [2.05, 4.69) is 10.3 Å². The molecule has 0 radical (unpaired) electrons. The van der Waals surface area contributed by atoms with Gasteiger partial charge in [0.05, 0.1) is 6.26 Å². The number of carbonyl (C=O) groups is 1. The Labute approximate surface area is 123 Å². The van der Waals surface area contributed by atoms with Gasteiger partial charge in [-0.05, 0) is 43.5 Å². The molecule has 1 rings (SSSR count). The van der Waals surface area contributed by atoms with Crippen LogP contribution in [0.3, 0.4) is 0 Å². The minimum absolute atomic E-state index is 0.123. The largest absolute Gasteiger partial charge is 0.480 e. The highest BCUT2D eigenvalue weighted by molar-refractivity contribution is 5.86. The Bertz CT molecular complexity index is 520. The van der Waals surface area contributed by atoms with E-state index in [0.29, 0.717) is 25.1 Å². The Morgan fingerprint density at radius 3 is 3.00 bits per heavy atom. The highest BCUT2D eigenvalue weighted by Crippen LogP contribution is 2.07. The van der Waals surface area contributed by atoms with Crippen molar-refractivity contribution in [2.75, 3.05) is 6.54 Å². The summed E-state index contributed by atoms with van der Waals surface area (Å²) < 4.78 is 5.17. The number of guanidine groups is 1. The molecule has 1 aromatic rings. The fourth-order valence-corrected chi connectivity index (χ4v) is 1.62. The van der Waals surface area contributed by atoms with Gasteiger partial charge in [0.15, 0.2) is 5.96 Å². The smallest absolute Gasteiger partial charge is 0.328 e. The van der Waals surface area contributed by atoms with Gasteiger partial charge >= 0.3 is 5.97 Å². The third-order valence-electron chi connectivity index (χ3n) is 2.63. The van der Waals surface area contributed by atoms with Crippen molar-refractivity contribution in [2.24, 2.45) is 10.7 Å². The zero-order valence-corrected chi connectivity index (χ0v) is 11.9. The quantitative estimate of drug-likeness (QED) is 0.328. The first-order valence-electron chi connectivity index (χ1n) is 6.54. The number of furan rings is 1. The van der Waals surface area contributed by atoms with E-state index in [1.54, 1.807) is 24.5 Å². The fourth-order valence-electron chi connectivity index (χ4n) is 1.62. The maximum Gasteiger partial charge on any atom is 0.328 e. The van der Waals surface area contributed by atoms with Gasteiger partial charge < -0.3 is 20.6 Å². The van der Waals surface area contributed by atoms with Crippen LogP contribution in [0.1, 0.15) is 25.5 Å². The van der Waals surface area contributed by atoms with Crippen LogP contribution in [0.15, 0.2) is 33.4 Å². The van der Waals surface area contributed by atoms with Gasteiger partial charge in [-0.15, -0.1) is 0 Å². The van der Waals surface area contributed by atoms with E-state index >= 15 is 0 Å². The summed E-state index contributed by atoms with van der Waals surface area (Å²) >= 11 is 0. The van der Waals surface area contributed by atoms with Crippen molar-refractivity contribution < 1.29 is 14.3 Å². The number of carboxylic acids is 1. The molecule has 0 saturated carbocycles. The molecule has 1 aromatic heterocycles. The molecule has 0 aliphatic rings. The van der Waals surface area contributed by atoms with Crippen molar-refractivity contribution in [3.63, 3.8) is 0 Å². The molecule has 5 N–H and O–H groups in total. The number of hydrogen-bond donors (Lipinski definition) is 4. The number of aliphatic imine (C=N–C) groups is 1. The highest BCUT2D eigenvalue weighted by Gasteiger charge is 2.14. The summed E-state index contributed by atoms with van der Waals surface area (Å²) in [6.07, 6.45) is 5.81. The molecule has 0 fully saturated rings. The minimum Gasteiger partial charge on any atom is -0.480 e. The van der Waals surface area contributed by atoms with Gasteiger partial charge in [-0.2, -0.15) is 0 Å². The molecule has 0 aliphatic carbocycles. The predicted octanol–water partition coefficient (Wildman–Crippen LogP) is 1.47. The third-order valence-corrected chi connectivity index (χ3v) is 2.63. The Morgan fingerprint density at radius 2 is 2.43 bits per heavy atom. The number of nitrogens with zero attached hydrogens (tertiary/aromatic N) is 1. The predicted molar refractivity (Wildman–Crippen MR) is 81.4 cm³/mol. The number of rotatable bonds is 8. The molecular formula is C14H20N4O3. The van der Waals surface area contributed by atoms with Crippen LogP contribution in [0.4, 0.5) is 0 Å². The van der Waals surface area contributed by atoms with Crippen LogP contribution in [0, 0.1) is 5.41 Å². The topological polar surface area (TPSA) is 125 Å². The second-order valence-corrected chi connectivity index (χ2v) is 4.52. The molecule has 1 heterocycles. The number of carboxylic acid groups (broad SMARTS) is 1. The number of allylic oxidation sites excluding steroid dienone is 1. The van der Waals surface area contributed by atoms with Crippen LogP contribution in [-0.2, 0) is 4.79 Å². The first-order valence-corrected chi connectivity index (χ1v) is 6.54. The van der Waals surface area contributed by atoms with Gasteiger partial charge in [-0.25, -0.2) is 4.79 Å². The standard InChI is InChI=1S/C14H20N4O3/c1-10(8-11-4-3-7-21-11)9-18-12(13(19)20)5-2-6-17-14(15)16/h3-4,7-9,12H,2,5-6H2,1H3,(H,19,20)(H4,15,16,17)/b10-8+,18-9+/t12-/m0/s1. The summed E-state index contributed by atoms with van der Waals surface area (Å²) in [6, 6.07) is 2.77. The van der Waals surface area contributed by atoms with Crippen molar-refractivity contribution in [1.29, 1.82) is 5.41 Å². The van der Waals surface area contributed by atoms with Crippen LogP contribution in [0.25, 0.3) is 6.08 Å². The third kappa shape index (κ3) is 6.95. The summed E-state index contributed by atoms with van der Waals surface area (Å²) in [5.41, 5.74) is 5.95. The van der Waals surface area contributed by atoms with Crippen molar-refractivity contribution in [1.82, 2.24) is 5.32 Å². The lowest BCUT2D eigenvalue weighted by Gasteiger charge is -2.08. The fraction of sp³-hybridized carbons (Fsp3) is 0.357. The van der Waals surface area contributed by atoms with Gasteiger partial charge in [0.2, 0.25) is 0 Å². The number of hydrogen-bond acceptors (Lipinski definition) is 4. The van der Waals surface area contributed by atoms with Gasteiger partial charge in [0.25, 0.3) is 0 Å². The number of aliphatic carboxylic acids is 1. The van der Waals surface area contributed by atoms with Gasteiger partial charge in [-0.3, -0.25) is 10.4 Å². The van der Waals surface area contributed by atoms with E-state index in [1.165, 1.54) is 6.21 Å². The van der Waals surface area contributed by atoms with Crippen molar-refractivity contribution in [2.45, 2.75) is 25.8 Å². The lowest BCUT2D eigenvalue weighted by Crippen LogP contribution is -2.31. The van der Waals surface area contributed by atoms with Crippen LogP contribution >= 0.6 is 0 Å². The van der Waals surface area contributed by atoms with E-state index in [4.69, 9.17) is 20.7 Å². The van der Waals surface area contributed by atoms with E-state index in [-0.39, 0.29) is 5.96 Å². The lowest BCUT2D eigenvalue weighted by molar-refractivity contribution is -0.138. The van der Waals surface area contributed by atoms with Crippen LogP contribution in [-0.4, -0.2) is 35.8 Å². The molecule has 0 bridgehead atoms. The summed E-state index contributed by atoms with van der Waals surface area (Å²) in [5.74, 6) is -0.404. The van der Waals surface area contributed by atoms with E-state index < -0.39 is 12.0 Å². The average molecular weight is 292 g/mol. The Hall–Kier alpha value is -2.57. The lowest BCUT2D eigenvalue weighted by atomic mass is 10.1. The molecule has 0 unspecified atom stereocenters. The van der Waals surface area contributed by atoms with E-state index in [9.17, 15) is 4.79 Å². The van der Waals surface area contributed by atoms with Crippen molar-refractivity contribution in [3.05, 3.63) is 29.7 Å². The maximum absolute atomic E-state index is 11.1. The summed E-state index contributed by atoms with van der Waals surface area (Å²) in [4.78, 5) is 15.2. The van der Waals surface area contributed by atoms with Crippen molar-refractivity contribution in [3.8, 4) is 0 Å². The summed E-state index contributed by atoms with van der Waals surface area (Å²) in [7, 11) is 0.